The second kappa shape index (κ2) is 3.65. The molecule has 0 atom stereocenters. The van der Waals surface area contributed by atoms with Crippen LogP contribution < -0.4 is 0 Å². The molecule has 0 aliphatic rings. The van der Waals surface area contributed by atoms with Crippen LogP contribution in [0.1, 0.15) is 5.56 Å². The summed E-state index contributed by atoms with van der Waals surface area (Å²) < 4.78 is 39.2. The molecule has 0 spiro atoms. The molecule has 2 aromatic rings. The molecule has 80 valence electrons. The molecule has 1 aromatic heterocycles. The lowest BCUT2D eigenvalue weighted by Gasteiger charge is -2.04. The van der Waals surface area contributed by atoms with Crippen LogP contribution in [0.4, 0.5) is 13.2 Å². The number of nitriles is 1. The summed E-state index contributed by atoms with van der Waals surface area (Å²) in [5, 5.41) is 7.96. The first-order chi connectivity index (χ1) is 7.56. The first-order valence-corrected chi connectivity index (χ1v) is 4.46. The number of pyridine rings is 1. The van der Waals surface area contributed by atoms with Crippen molar-refractivity contribution in [2.45, 2.75) is 0 Å². The second-order valence-electron chi connectivity index (χ2n) is 2.98. The molecular formula is C10H2ClF3N2. The molecule has 0 amide bonds. The van der Waals surface area contributed by atoms with Crippen LogP contribution in [0, 0.1) is 28.8 Å². The van der Waals surface area contributed by atoms with Gasteiger partial charge in [0.15, 0.2) is 17.5 Å². The molecule has 0 N–H and O–H groups in total. The fraction of sp³-hybridized carbons (Fsp3) is 0. The average Bonchev–Trinajstić information content (AvgIpc) is 2.26. The number of hydrogen-bond acceptors (Lipinski definition) is 2. The normalized spacial score (nSPS) is 10.4. The average molecular weight is 243 g/mol. The van der Waals surface area contributed by atoms with Crippen molar-refractivity contribution in [1.29, 1.82) is 5.26 Å². The molecule has 0 aliphatic heterocycles. The lowest BCUT2D eigenvalue weighted by Crippen LogP contribution is -1.96. The van der Waals surface area contributed by atoms with Crippen molar-refractivity contribution < 1.29 is 13.2 Å². The number of benzene rings is 1. The van der Waals surface area contributed by atoms with Gasteiger partial charge in [-0.25, -0.2) is 13.2 Å². The lowest BCUT2D eigenvalue weighted by molar-refractivity contribution is 0.453. The molecular weight excluding hydrogens is 241 g/mol. The van der Waals surface area contributed by atoms with E-state index in [1.54, 1.807) is 6.07 Å². The number of aromatic nitrogens is 1. The SMILES string of the molecule is N#Cc1cnc2cc(F)c(F)c(F)c2c1Cl. The van der Waals surface area contributed by atoms with Crippen LogP contribution in [0.3, 0.4) is 0 Å². The van der Waals surface area contributed by atoms with E-state index in [9.17, 15) is 13.2 Å². The van der Waals surface area contributed by atoms with E-state index in [0.717, 1.165) is 12.3 Å². The third-order valence-corrected chi connectivity index (χ3v) is 2.44. The highest BCUT2D eigenvalue weighted by Crippen LogP contribution is 2.30. The number of rotatable bonds is 0. The van der Waals surface area contributed by atoms with Crippen LogP contribution >= 0.6 is 11.6 Å². The highest BCUT2D eigenvalue weighted by Gasteiger charge is 2.18. The van der Waals surface area contributed by atoms with Gasteiger partial charge >= 0.3 is 0 Å². The van der Waals surface area contributed by atoms with Crippen LogP contribution in [0.5, 0.6) is 0 Å². The third-order valence-electron chi connectivity index (χ3n) is 2.05. The van der Waals surface area contributed by atoms with Gasteiger partial charge in [0.2, 0.25) is 0 Å². The van der Waals surface area contributed by atoms with E-state index >= 15 is 0 Å². The molecule has 0 fully saturated rings. The summed E-state index contributed by atoms with van der Waals surface area (Å²) in [6.45, 7) is 0. The maximum absolute atomic E-state index is 13.4. The van der Waals surface area contributed by atoms with E-state index in [1.807, 2.05) is 0 Å². The molecule has 2 nitrogen and oxygen atoms in total. The van der Waals surface area contributed by atoms with Crippen LogP contribution in [0.2, 0.25) is 5.02 Å². The lowest BCUT2D eigenvalue weighted by atomic mass is 10.1. The van der Waals surface area contributed by atoms with Crippen LogP contribution in [-0.2, 0) is 0 Å². The van der Waals surface area contributed by atoms with Gasteiger partial charge in [-0.3, -0.25) is 4.98 Å². The molecule has 6 heteroatoms. The summed E-state index contributed by atoms with van der Waals surface area (Å²) in [4.78, 5) is 3.62. The zero-order chi connectivity index (χ0) is 11.9. The van der Waals surface area contributed by atoms with Crippen LogP contribution in [0.15, 0.2) is 12.3 Å². The third kappa shape index (κ3) is 1.39. The summed E-state index contributed by atoms with van der Waals surface area (Å²) >= 11 is 5.68. The Morgan fingerprint density at radius 3 is 2.56 bits per heavy atom. The van der Waals surface area contributed by atoms with Gasteiger partial charge in [0.1, 0.15) is 6.07 Å². The largest absolute Gasteiger partial charge is 0.255 e. The monoisotopic (exact) mass is 242 g/mol. The van der Waals surface area contributed by atoms with Crippen molar-refractivity contribution in [3.05, 3.63) is 40.3 Å². The summed E-state index contributed by atoms with van der Waals surface area (Å²) in [5.74, 6) is -4.42. The number of hydrogen-bond donors (Lipinski definition) is 0. The molecule has 0 saturated carbocycles. The van der Waals surface area contributed by atoms with Gasteiger partial charge < -0.3 is 0 Å². The van der Waals surface area contributed by atoms with Gasteiger partial charge in [-0.2, -0.15) is 5.26 Å². The Hall–Kier alpha value is -1.80. The van der Waals surface area contributed by atoms with Crippen molar-refractivity contribution in [2.75, 3.05) is 0 Å². The molecule has 0 bridgehead atoms. The fourth-order valence-electron chi connectivity index (χ4n) is 1.30. The van der Waals surface area contributed by atoms with Crippen molar-refractivity contribution in [2.24, 2.45) is 0 Å². The summed E-state index contributed by atoms with van der Waals surface area (Å²) in [6.07, 6.45) is 1.07. The zero-order valence-corrected chi connectivity index (χ0v) is 8.32. The van der Waals surface area contributed by atoms with Gasteiger partial charge in [0.05, 0.1) is 21.5 Å². The molecule has 2 rings (SSSR count). The molecule has 1 heterocycles. The second-order valence-corrected chi connectivity index (χ2v) is 3.36. The Kier molecular flexibility index (Phi) is 2.44. The number of fused-ring (bicyclic) bond motifs is 1. The molecule has 1 aromatic carbocycles. The van der Waals surface area contributed by atoms with Crippen LogP contribution in [0.25, 0.3) is 10.9 Å². The highest BCUT2D eigenvalue weighted by molar-refractivity contribution is 6.36. The summed E-state index contributed by atoms with van der Waals surface area (Å²) in [5.41, 5.74) is -0.237. The maximum atomic E-state index is 13.4. The van der Waals surface area contributed by atoms with E-state index in [2.05, 4.69) is 4.98 Å². The van der Waals surface area contributed by atoms with Gasteiger partial charge in [-0.1, -0.05) is 11.6 Å². The molecule has 0 aliphatic carbocycles. The van der Waals surface area contributed by atoms with Gasteiger partial charge in [-0.15, -0.1) is 0 Å². The van der Waals surface area contributed by atoms with Crippen molar-refractivity contribution in [3.8, 4) is 6.07 Å². The van der Waals surface area contributed by atoms with Gasteiger partial charge in [0, 0.05) is 12.3 Å². The minimum Gasteiger partial charge on any atom is -0.255 e. The molecule has 0 saturated heterocycles. The fourth-order valence-corrected chi connectivity index (χ4v) is 1.57. The minimum atomic E-state index is -1.63. The standard InChI is InChI=1S/C10H2ClF3N2/c11-8-4(2-15)3-16-6-1-5(12)9(13)10(14)7(6)8/h1,3H. The van der Waals surface area contributed by atoms with Gasteiger partial charge in [-0.05, 0) is 0 Å². The van der Waals surface area contributed by atoms with E-state index < -0.39 is 17.5 Å². The Morgan fingerprint density at radius 1 is 1.25 bits per heavy atom. The predicted molar refractivity (Wildman–Crippen MR) is 51.3 cm³/mol. The molecule has 0 unspecified atom stereocenters. The Morgan fingerprint density at radius 2 is 1.94 bits per heavy atom. The van der Waals surface area contributed by atoms with Gasteiger partial charge in [0.25, 0.3) is 0 Å². The van der Waals surface area contributed by atoms with Crippen molar-refractivity contribution >= 4 is 22.5 Å². The first kappa shape index (κ1) is 10.7. The maximum Gasteiger partial charge on any atom is 0.195 e. The highest BCUT2D eigenvalue weighted by atomic mass is 35.5. The van der Waals surface area contributed by atoms with E-state index in [0.29, 0.717) is 0 Å². The van der Waals surface area contributed by atoms with Crippen molar-refractivity contribution in [1.82, 2.24) is 4.98 Å². The minimum absolute atomic E-state index is 0.0981. The number of nitrogens with zero attached hydrogens (tertiary/aromatic N) is 2. The van der Waals surface area contributed by atoms with Crippen LogP contribution in [-0.4, -0.2) is 4.98 Å². The van der Waals surface area contributed by atoms with E-state index in [1.165, 1.54) is 0 Å². The molecule has 0 radical (unpaired) electrons. The predicted octanol–water partition coefficient (Wildman–Crippen LogP) is 3.18. The van der Waals surface area contributed by atoms with Crippen molar-refractivity contribution in [3.63, 3.8) is 0 Å². The Bertz CT molecular complexity index is 634. The zero-order valence-electron chi connectivity index (χ0n) is 7.56. The Balaban J connectivity index is 3.00. The topological polar surface area (TPSA) is 36.7 Å². The smallest absolute Gasteiger partial charge is 0.195 e. The first-order valence-electron chi connectivity index (χ1n) is 4.08. The quantitative estimate of drug-likeness (QED) is 0.665. The summed E-state index contributed by atoms with van der Waals surface area (Å²) in [6, 6.07) is 2.39. The Labute approximate surface area is 92.9 Å². The summed E-state index contributed by atoms with van der Waals surface area (Å²) in [7, 11) is 0. The number of halogens is 4. The van der Waals surface area contributed by atoms with E-state index in [-0.39, 0.29) is 21.5 Å². The molecule has 16 heavy (non-hydrogen) atoms. The van der Waals surface area contributed by atoms with E-state index in [4.69, 9.17) is 16.9 Å².